The maximum Gasteiger partial charge on any atom is 0.0915 e. The van der Waals surface area contributed by atoms with Crippen molar-refractivity contribution in [3.8, 4) is 0 Å². The maximum atomic E-state index is 11.0. The van der Waals surface area contributed by atoms with Crippen molar-refractivity contribution in [2.24, 2.45) is 0 Å². The van der Waals surface area contributed by atoms with E-state index in [4.69, 9.17) is 0 Å². The zero-order valence-corrected chi connectivity index (χ0v) is 7.93. The van der Waals surface area contributed by atoms with Crippen molar-refractivity contribution in [3.63, 3.8) is 0 Å². The largest absolute Gasteiger partial charge is 0.243 e. The molecule has 0 radical (unpaired) electrons. The third kappa shape index (κ3) is 3.15. The summed E-state index contributed by atoms with van der Waals surface area (Å²) in [5, 5.41) is 0. The second-order valence-corrected chi connectivity index (χ2v) is 4.00. The van der Waals surface area contributed by atoms with Crippen molar-refractivity contribution in [2.45, 2.75) is 13.5 Å². The van der Waals surface area contributed by atoms with E-state index in [0.717, 1.165) is 0 Å². The Morgan fingerprint density at radius 2 is 2.00 bits per heavy atom. The molecule has 0 heterocycles. The van der Waals surface area contributed by atoms with E-state index >= 15 is 0 Å². The second-order valence-electron chi connectivity index (χ2n) is 2.44. The number of nitrogens with one attached hydrogen (secondary N) is 1. The van der Waals surface area contributed by atoms with Gasteiger partial charge in [0.15, 0.2) is 0 Å². The molecule has 1 rings (SSSR count). The normalized spacial score (nSPS) is 12.8. The van der Waals surface area contributed by atoms with Crippen LogP contribution in [0.4, 0.5) is 0 Å². The van der Waals surface area contributed by atoms with E-state index in [1.54, 1.807) is 0 Å². The summed E-state index contributed by atoms with van der Waals surface area (Å²) in [6.45, 7) is 2.58. The van der Waals surface area contributed by atoms with Crippen LogP contribution in [-0.2, 0) is 17.5 Å². The molecule has 1 atom stereocenters. The van der Waals surface area contributed by atoms with E-state index in [0.29, 0.717) is 12.3 Å². The monoisotopic (exact) mass is 183 g/mol. The van der Waals surface area contributed by atoms with Crippen LogP contribution >= 0.6 is 0 Å². The molecule has 0 amide bonds. The Bertz CT molecular complexity index is 248. The first-order valence-electron chi connectivity index (χ1n) is 3.98. The minimum absolute atomic E-state index is 0.660. The van der Waals surface area contributed by atoms with Gasteiger partial charge in [0.25, 0.3) is 0 Å². The van der Waals surface area contributed by atoms with Crippen LogP contribution in [-0.4, -0.2) is 9.96 Å². The van der Waals surface area contributed by atoms with Gasteiger partial charge in [-0.25, -0.2) is 8.93 Å². The lowest BCUT2D eigenvalue weighted by molar-refractivity contribution is 0.672. The highest BCUT2D eigenvalue weighted by atomic mass is 32.2. The Balaban J connectivity index is 2.38. The summed E-state index contributed by atoms with van der Waals surface area (Å²) in [4.78, 5) is 0. The molecule has 0 aliphatic rings. The van der Waals surface area contributed by atoms with Crippen LogP contribution in [0.3, 0.4) is 0 Å². The Morgan fingerprint density at radius 1 is 1.33 bits per heavy atom. The first kappa shape index (κ1) is 9.42. The zero-order chi connectivity index (χ0) is 8.81. The Kier molecular flexibility index (Phi) is 3.97. The van der Waals surface area contributed by atoms with Gasteiger partial charge in [-0.05, 0) is 5.56 Å². The predicted octanol–water partition coefficient (Wildman–Crippen LogP) is 1.46. The van der Waals surface area contributed by atoms with Gasteiger partial charge in [-0.1, -0.05) is 37.3 Å². The summed E-state index contributed by atoms with van der Waals surface area (Å²) in [5.74, 6) is 0.660. The standard InChI is InChI=1S/C9H13NOS/c1-2-12(11)10-8-9-6-4-3-5-7-9/h3-7,10H,2,8H2,1H3. The Hall–Kier alpha value is -0.670. The fourth-order valence-electron chi connectivity index (χ4n) is 0.862. The molecule has 1 aromatic rings. The van der Waals surface area contributed by atoms with Gasteiger partial charge in [-0.3, -0.25) is 0 Å². The van der Waals surface area contributed by atoms with E-state index in [2.05, 4.69) is 4.72 Å². The number of hydrogen-bond donors (Lipinski definition) is 1. The molecule has 0 bridgehead atoms. The average molecular weight is 183 g/mol. The molecule has 3 heteroatoms. The van der Waals surface area contributed by atoms with Crippen LogP contribution in [0.15, 0.2) is 30.3 Å². The molecule has 1 N–H and O–H groups in total. The van der Waals surface area contributed by atoms with E-state index in [-0.39, 0.29) is 0 Å². The van der Waals surface area contributed by atoms with E-state index in [1.165, 1.54) is 5.56 Å². The molecule has 2 nitrogen and oxygen atoms in total. The molecule has 12 heavy (non-hydrogen) atoms. The van der Waals surface area contributed by atoms with Crippen molar-refractivity contribution in [3.05, 3.63) is 35.9 Å². The quantitative estimate of drug-likeness (QED) is 0.752. The molecule has 1 unspecified atom stereocenters. The summed E-state index contributed by atoms with van der Waals surface area (Å²) in [6, 6.07) is 9.96. The summed E-state index contributed by atoms with van der Waals surface area (Å²) in [6.07, 6.45) is 0. The Labute approximate surface area is 75.6 Å². The molecule has 0 aliphatic heterocycles. The molecule has 0 aromatic heterocycles. The molecular weight excluding hydrogens is 170 g/mol. The van der Waals surface area contributed by atoms with Gasteiger partial charge >= 0.3 is 0 Å². The predicted molar refractivity (Wildman–Crippen MR) is 52.0 cm³/mol. The molecule has 1 aromatic carbocycles. The van der Waals surface area contributed by atoms with Crippen LogP contribution in [0.1, 0.15) is 12.5 Å². The molecule has 0 saturated carbocycles. The van der Waals surface area contributed by atoms with Gasteiger partial charge in [-0.15, -0.1) is 0 Å². The maximum absolute atomic E-state index is 11.0. The summed E-state index contributed by atoms with van der Waals surface area (Å²) >= 11 is 0. The highest BCUT2D eigenvalue weighted by Gasteiger charge is 1.94. The van der Waals surface area contributed by atoms with Crippen LogP contribution in [0.2, 0.25) is 0 Å². The van der Waals surface area contributed by atoms with Crippen LogP contribution in [0, 0.1) is 0 Å². The number of rotatable bonds is 4. The Morgan fingerprint density at radius 3 is 2.58 bits per heavy atom. The van der Waals surface area contributed by atoms with Crippen LogP contribution < -0.4 is 4.72 Å². The third-order valence-electron chi connectivity index (χ3n) is 1.54. The molecule has 0 aliphatic carbocycles. The lowest BCUT2D eigenvalue weighted by atomic mass is 10.2. The molecular formula is C9H13NOS. The van der Waals surface area contributed by atoms with E-state index in [1.807, 2.05) is 37.3 Å². The van der Waals surface area contributed by atoms with Crippen molar-refractivity contribution < 1.29 is 4.21 Å². The van der Waals surface area contributed by atoms with Crippen molar-refractivity contribution >= 4 is 11.0 Å². The fraction of sp³-hybridized carbons (Fsp3) is 0.333. The summed E-state index contributed by atoms with van der Waals surface area (Å²) in [5.41, 5.74) is 1.17. The molecule has 0 spiro atoms. The lowest BCUT2D eigenvalue weighted by Crippen LogP contribution is -2.17. The number of hydrogen-bond acceptors (Lipinski definition) is 1. The minimum atomic E-state index is -0.877. The van der Waals surface area contributed by atoms with Gasteiger partial charge in [0, 0.05) is 12.3 Å². The van der Waals surface area contributed by atoms with Crippen molar-refractivity contribution in [2.75, 3.05) is 5.75 Å². The van der Waals surface area contributed by atoms with E-state index in [9.17, 15) is 4.21 Å². The average Bonchev–Trinajstić information content (AvgIpc) is 2.16. The lowest BCUT2D eigenvalue weighted by Gasteiger charge is -2.01. The van der Waals surface area contributed by atoms with E-state index < -0.39 is 11.0 Å². The third-order valence-corrected chi connectivity index (χ3v) is 2.53. The van der Waals surface area contributed by atoms with Gasteiger partial charge in [-0.2, -0.15) is 0 Å². The van der Waals surface area contributed by atoms with Crippen LogP contribution in [0.5, 0.6) is 0 Å². The van der Waals surface area contributed by atoms with Gasteiger partial charge in [0.05, 0.1) is 11.0 Å². The molecule has 0 fully saturated rings. The smallest absolute Gasteiger partial charge is 0.0915 e. The van der Waals surface area contributed by atoms with Gasteiger partial charge in [0.2, 0.25) is 0 Å². The first-order chi connectivity index (χ1) is 5.83. The van der Waals surface area contributed by atoms with Gasteiger partial charge in [0.1, 0.15) is 0 Å². The summed E-state index contributed by atoms with van der Waals surface area (Å²) in [7, 11) is -0.877. The SMILES string of the molecule is CCS(=O)NCc1ccccc1. The minimum Gasteiger partial charge on any atom is -0.243 e. The van der Waals surface area contributed by atoms with Crippen molar-refractivity contribution in [1.82, 2.24) is 4.72 Å². The fourth-order valence-corrected chi connectivity index (χ4v) is 1.39. The van der Waals surface area contributed by atoms with Gasteiger partial charge < -0.3 is 0 Å². The molecule has 0 saturated heterocycles. The van der Waals surface area contributed by atoms with Crippen molar-refractivity contribution in [1.29, 1.82) is 0 Å². The highest BCUT2D eigenvalue weighted by molar-refractivity contribution is 7.82. The molecule has 66 valence electrons. The zero-order valence-electron chi connectivity index (χ0n) is 7.12. The summed E-state index contributed by atoms with van der Waals surface area (Å²) < 4.78 is 13.9. The van der Waals surface area contributed by atoms with Crippen LogP contribution in [0.25, 0.3) is 0 Å². The first-order valence-corrected chi connectivity index (χ1v) is 5.30. The highest BCUT2D eigenvalue weighted by Crippen LogP contribution is 1.97. The number of benzene rings is 1. The topological polar surface area (TPSA) is 29.1 Å². The second kappa shape index (κ2) is 5.06.